The smallest absolute Gasteiger partial charge is 0.251 e. The molecule has 0 radical (unpaired) electrons. The molecular formula is C26H33N3O2. The summed E-state index contributed by atoms with van der Waals surface area (Å²) in [5.74, 6) is 2.12. The van der Waals surface area contributed by atoms with Gasteiger partial charge in [-0.15, -0.1) is 0 Å². The molecule has 4 atom stereocenters. The molecule has 0 aromatic heterocycles. The zero-order valence-corrected chi connectivity index (χ0v) is 18.7. The number of carbonyl (C=O) groups excluding carboxylic acids is 2. The zero-order valence-electron chi connectivity index (χ0n) is 18.7. The van der Waals surface area contributed by atoms with Crippen molar-refractivity contribution in [3.63, 3.8) is 0 Å². The second-order valence-corrected chi connectivity index (χ2v) is 9.40. The van der Waals surface area contributed by atoms with E-state index in [-0.39, 0.29) is 24.4 Å². The first-order valence-electron chi connectivity index (χ1n) is 11.4. The SMILES string of the molecule is Cc1ccc(NCC(=O)Nc2ccc(C(=O)NC(C)C3CC4CCC3C4)cc2)c(C)c1. The third-order valence-corrected chi connectivity index (χ3v) is 7.05. The van der Waals surface area contributed by atoms with Crippen molar-refractivity contribution in [3.05, 3.63) is 59.2 Å². The Labute approximate surface area is 185 Å². The monoisotopic (exact) mass is 419 g/mol. The van der Waals surface area contributed by atoms with E-state index >= 15 is 0 Å². The Balaban J connectivity index is 1.26. The van der Waals surface area contributed by atoms with E-state index in [0.29, 0.717) is 17.2 Å². The predicted molar refractivity (Wildman–Crippen MR) is 125 cm³/mol. The van der Waals surface area contributed by atoms with Gasteiger partial charge in [-0.3, -0.25) is 9.59 Å². The van der Waals surface area contributed by atoms with Crippen LogP contribution in [-0.4, -0.2) is 24.4 Å². The van der Waals surface area contributed by atoms with E-state index in [0.717, 1.165) is 23.1 Å². The van der Waals surface area contributed by atoms with Crippen LogP contribution in [0.2, 0.25) is 0 Å². The second kappa shape index (κ2) is 9.13. The van der Waals surface area contributed by atoms with Crippen molar-refractivity contribution < 1.29 is 9.59 Å². The number of fused-ring (bicyclic) bond motifs is 2. The number of anilines is 2. The van der Waals surface area contributed by atoms with Gasteiger partial charge >= 0.3 is 0 Å². The Morgan fingerprint density at radius 1 is 1.03 bits per heavy atom. The lowest BCUT2D eigenvalue weighted by Crippen LogP contribution is -2.40. The molecular weight excluding hydrogens is 386 g/mol. The maximum atomic E-state index is 12.7. The quantitative estimate of drug-likeness (QED) is 0.597. The maximum Gasteiger partial charge on any atom is 0.251 e. The predicted octanol–water partition coefficient (Wildman–Crippen LogP) is 4.91. The lowest BCUT2D eigenvalue weighted by atomic mass is 9.84. The fourth-order valence-corrected chi connectivity index (χ4v) is 5.40. The Kier molecular flexibility index (Phi) is 6.30. The molecule has 0 aliphatic heterocycles. The highest BCUT2D eigenvalue weighted by Gasteiger charge is 2.42. The summed E-state index contributed by atoms with van der Waals surface area (Å²) < 4.78 is 0. The van der Waals surface area contributed by atoms with Crippen molar-refractivity contribution >= 4 is 23.2 Å². The zero-order chi connectivity index (χ0) is 22.0. The third-order valence-electron chi connectivity index (χ3n) is 7.05. The molecule has 31 heavy (non-hydrogen) atoms. The van der Waals surface area contributed by atoms with Crippen molar-refractivity contribution in [2.45, 2.75) is 52.5 Å². The van der Waals surface area contributed by atoms with Gasteiger partial charge < -0.3 is 16.0 Å². The van der Waals surface area contributed by atoms with Crippen molar-refractivity contribution in [2.75, 3.05) is 17.2 Å². The van der Waals surface area contributed by atoms with Gasteiger partial charge in [0.25, 0.3) is 5.91 Å². The minimum absolute atomic E-state index is 0.0373. The molecule has 0 heterocycles. The van der Waals surface area contributed by atoms with Crippen molar-refractivity contribution in [1.29, 1.82) is 0 Å². The molecule has 2 aliphatic carbocycles. The first-order valence-corrected chi connectivity index (χ1v) is 11.4. The van der Waals surface area contributed by atoms with Gasteiger partial charge in [0.05, 0.1) is 6.54 Å². The van der Waals surface area contributed by atoms with E-state index < -0.39 is 0 Å². The molecule has 2 aromatic carbocycles. The summed E-state index contributed by atoms with van der Waals surface area (Å²) >= 11 is 0. The van der Waals surface area contributed by atoms with Crippen LogP contribution in [0.15, 0.2) is 42.5 Å². The van der Waals surface area contributed by atoms with Crippen molar-refractivity contribution in [2.24, 2.45) is 17.8 Å². The second-order valence-electron chi connectivity index (χ2n) is 9.40. The van der Waals surface area contributed by atoms with Gasteiger partial charge in [-0.1, -0.05) is 24.1 Å². The summed E-state index contributed by atoms with van der Waals surface area (Å²) in [5, 5.41) is 9.25. The average Bonchev–Trinajstić information content (AvgIpc) is 3.37. The van der Waals surface area contributed by atoms with E-state index in [9.17, 15) is 9.59 Å². The molecule has 2 saturated carbocycles. The Hall–Kier alpha value is -2.82. The molecule has 0 spiro atoms. The van der Waals surface area contributed by atoms with Crippen LogP contribution in [0.25, 0.3) is 0 Å². The van der Waals surface area contributed by atoms with Crippen LogP contribution in [0.4, 0.5) is 11.4 Å². The highest BCUT2D eigenvalue weighted by Crippen LogP contribution is 2.49. The first-order chi connectivity index (χ1) is 14.9. The number of benzene rings is 2. The molecule has 164 valence electrons. The highest BCUT2D eigenvalue weighted by atomic mass is 16.2. The van der Waals surface area contributed by atoms with Gasteiger partial charge in [0.15, 0.2) is 0 Å². The standard InChI is InChI=1S/C26H33N3O2/c1-16-4-11-24(17(2)12-16)27-15-25(30)29-22-9-7-20(8-10-22)26(31)28-18(3)23-14-19-5-6-21(23)13-19/h4,7-12,18-19,21,23,27H,5-6,13-15H2,1-3H3,(H,28,31)(H,29,30). The first kappa shape index (κ1) is 21.4. The van der Waals surface area contributed by atoms with Gasteiger partial charge in [0, 0.05) is 23.0 Å². The molecule has 3 N–H and O–H groups in total. The largest absolute Gasteiger partial charge is 0.376 e. The molecule has 5 heteroatoms. The summed E-state index contributed by atoms with van der Waals surface area (Å²) in [5.41, 5.74) is 4.58. The molecule has 2 aliphatic rings. The van der Waals surface area contributed by atoms with E-state index in [1.807, 2.05) is 26.0 Å². The minimum atomic E-state index is -0.123. The minimum Gasteiger partial charge on any atom is -0.376 e. The third kappa shape index (κ3) is 5.09. The van der Waals surface area contributed by atoms with Gasteiger partial charge in [-0.2, -0.15) is 0 Å². The summed E-state index contributed by atoms with van der Waals surface area (Å²) in [6.07, 6.45) is 5.29. The number of aryl methyl sites for hydroxylation is 2. The number of rotatable bonds is 7. The highest BCUT2D eigenvalue weighted by molar-refractivity contribution is 5.96. The fourth-order valence-electron chi connectivity index (χ4n) is 5.40. The van der Waals surface area contributed by atoms with Crippen LogP contribution in [0.3, 0.4) is 0 Å². The number of hydrogen-bond acceptors (Lipinski definition) is 3. The van der Waals surface area contributed by atoms with Crippen LogP contribution in [0.1, 0.15) is 54.1 Å². The van der Waals surface area contributed by atoms with Gasteiger partial charge in [0.1, 0.15) is 0 Å². The lowest BCUT2D eigenvalue weighted by molar-refractivity contribution is -0.114. The number of nitrogens with one attached hydrogen (secondary N) is 3. The van der Waals surface area contributed by atoms with Gasteiger partial charge in [-0.25, -0.2) is 0 Å². The molecule has 0 saturated heterocycles. The molecule has 2 fully saturated rings. The number of hydrogen-bond donors (Lipinski definition) is 3. The maximum absolute atomic E-state index is 12.7. The molecule has 4 unspecified atom stereocenters. The average molecular weight is 420 g/mol. The molecule has 2 amide bonds. The van der Waals surface area contributed by atoms with E-state index in [2.05, 4.69) is 28.9 Å². The summed E-state index contributed by atoms with van der Waals surface area (Å²) in [6, 6.07) is 13.4. The van der Waals surface area contributed by atoms with Crippen molar-refractivity contribution in [1.82, 2.24) is 5.32 Å². The molecule has 2 aromatic rings. The Morgan fingerprint density at radius 3 is 2.45 bits per heavy atom. The summed E-state index contributed by atoms with van der Waals surface area (Å²) in [7, 11) is 0. The normalized spacial score (nSPS) is 22.7. The fraction of sp³-hybridized carbons (Fsp3) is 0.462. The van der Waals surface area contributed by atoms with Crippen LogP contribution < -0.4 is 16.0 Å². The lowest BCUT2D eigenvalue weighted by Gasteiger charge is -2.28. The van der Waals surface area contributed by atoms with Crippen LogP contribution >= 0.6 is 0 Å². The van der Waals surface area contributed by atoms with Gasteiger partial charge in [-0.05, 0) is 93.7 Å². The van der Waals surface area contributed by atoms with E-state index in [1.165, 1.54) is 31.2 Å². The molecule has 2 bridgehead atoms. The van der Waals surface area contributed by atoms with Crippen LogP contribution in [0.5, 0.6) is 0 Å². The molecule has 4 rings (SSSR count). The van der Waals surface area contributed by atoms with E-state index in [1.54, 1.807) is 24.3 Å². The van der Waals surface area contributed by atoms with E-state index in [4.69, 9.17) is 0 Å². The van der Waals surface area contributed by atoms with Crippen LogP contribution in [-0.2, 0) is 4.79 Å². The van der Waals surface area contributed by atoms with Crippen LogP contribution in [0, 0.1) is 31.6 Å². The number of amides is 2. The number of carbonyl (C=O) groups is 2. The summed E-state index contributed by atoms with van der Waals surface area (Å²) in [4.78, 5) is 24.9. The van der Waals surface area contributed by atoms with Crippen molar-refractivity contribution in [3.8, 4) is 0 Å². The molecule has 5 nitrogen and oxygen atoms in total. The summed E-state index contributed by atoms with van der Waals surface area (Å²) in [6.45, 7) is 6.40. The van der Waals surface area contributed by atoms with Gasteiger partial charge in [0.2, 0.25) is 5.91 Å². The Morgan fingerprint density at radius 2 is 1.81 bits per heavy atom. The Bertz CT molecular complexity index is 954. The topological polar surface area (TPSA) is 70.2 Å².